The second-order valence-electron chi connectivity index (χ2n) is 4.36. The number of nitrogens with one attached hydrogen (secondary N) is 1. The Bertz CT molecular complexity index is 456. The van der Waals surface area contributed by atoms with Gasteiger partial charge >= 0.3 is 0 Å². The molecule has 1 saturated heterocycles. The molecule has 0 saturated carbocycles. The Kier molecular flexibility index (Phi) is 3.13. The zero-order valence-electron chi connectivity index (χ0n) is 10.1. The van der Waals surface area contributed by atoms with Gasteiger partial charge in [0, 0.05) is 25.7 Å². The Balaban J connectivity index is 2.18. The van der Waals surface area contributed by atoms with Crippen molar-refractivity contribution < 1.29 is 9.59 Å². The summed E-state index contributed by atoms with van der Waals surface area (Å²) in [5, 5.41) is 2.59. The highest BCUT2D eigenvalue weighted by Crippen LogP contribution is 2.25. The van der Waals surface area contributed by atoms with Crippen molar-refractivity contribution in [3.63, 3.8) is 0 Å². The summed E-state index contributed by atoms with van der Waals surface area (Å²) in [7, 11) is 1.60. The van der Waals surface area contributed by atoms with Gasteiger partial charge in [0.2, 0.25) is 11.8 Å². The molecule has 1 unspecified atom stereocenters. The van der Waals surface area contributed by atoms with Crippen LogP contribution in [0.2, 0.25) is 0 Å². The van der Waals surface area contributed by atoms with Crippen molar-refractivity contribution in [2.24, 2.45) is 5.92 Å². The van der Waals surface area contributed by atoms with Gasteiger partial charge in [0.25, 0.3) is 0 Å². The molecule has 1 N–H and O–H groups in total. The van der Waals surface area contributed by atoms with Crippen LogP contribution >= 0.6 is 0 Å². The van der Waals surface area contributed by atoms with E-state index in [9.17, 15) is 9.59 Å². The van der Waals surface area contributed by atoms with E-state index in [1.807, 2.05) is 31.2 Å². The fraction of sp³-hybridized carbons (Fsp3) is 0.385. The molecule has 0 aromatic heterocycles. The summed E-state index contributed by atoms with van der Waals surface area (Å²) in [5.74, 6) is -0.272. The van der Waals surface area contributed by atoms with Crippen molar-refractivity contribution in [2.75, 3.05) is 18.5 Å². The standard InChI is InChI=1S/C13H16N2O2/c1-9-4-3-5-11(6-9)15-8-10(7-12(15)16)13(17)14-2/h3-6,10H,7-8H2,1-2H3,(H,14,17). The maximum atomic E-state index is 11.9. The van der Waals surface area contributed by atoms with Crippen LogP contribution in [0.15, 0.2) is 24.3 Å². The first-order valence-corrected chi connectivity index (χ1v) is 5.70. The van der Waals surface area contributed by atoms with Crippen molar-refractivity contribution in [1.29, 1.82) is 0 Å². The number of aryl methyl sites for hydroxylation is 1. The van der Waals surface area contributed by atoms with Crippen molar-refractivity contribution in [3.05, 3.63) is 29.8 Å². The largest absolute Gasteiger partial charge is 0.359 e. The Labute approximate surface area is 101 Å². The van der Waals surface area contributed by atoms with E-state index in [1.54, 1.807) is 11.9 Å². The Morgan fingerprint density at radius 2 is 2.24 bits per heavy atom. The number of rotatable bonds is 2. The predicted octanol–water partition coefficient (Wildman–Crippen LogP) is 1.09. The van der Waals surface area contributed by atoms with E-state index in [-0.39, 0.29) is 17.7 Å². The van der Waals surface area contributed by atoms with Gasteiger partial charge in [-0.2, -0.15) is 0 Å². The van der Waals surface area contributed by atoms with Crippen LogP contribution in [0.1, 0.15) is 12.0 Å². The zero-order chi connectivity index (χ0) is 12.4. The molecular formula is C13H16N2O2. The summed E-state index contributed by atoms with van der Waals surface area (Å²) in [6.45, 7) is 2.46. The number of hydrogen-bond acceptors (Lipinski definition) is 2. The summed E-state index contributed by atoms with van der Waals surface area (Å²) in [4.78, 5) is 25.1. The van der Waals surface area contributed by atoms with Gasteiger partial charge in [0.05, 0.1) is 5.92 Å². The van der Waals surface area contributed by atoms with Gasteiger partial charge in [-0.25, -0.2) is 0 Å². The molecule has 2 rings (SSSR count). The molecule has 0 bridgehead atoms. The van der Waals surface area contributed by atoms with Gasteiger partial charge in [-0.3, -0.25) is 9.59 Å². The van der Waals surface area contributed by atoms with Gasteiger partial charge in [-0.15, -0.1) is 0 Å². The summed E-state index contributed by atoms with van der Waals surface area (Å²) >= 11 is 0. The lowest BCUT2D eigenvalue weighted by Crippen LogP contribution is -2.30. The Morgan fingerprint density at radius 3 is 2.88 bits per heavy atom. The van der Waals surface area contributed by atoms with Crippen molar-refractivity contribution in [2.45, 2.75) is 13.3 Å². The minimum absolute atomic E-state index is 0.0178. The van der Waals surface area contributed by atoms with Crippen LogP contribution in [0.3, 0.4) is 0 Å². The molecule has 4 nitrogen and oxygen atoms in total. The molecule has 2 amide bonds. The minimum atomic E-state index is -0.229. The van der Waals surface area contributed by atoms with E-state index in [2.05, 4.69) is 5.32 Å². The molecule has 1 fully saturated rings. The number of carbonyl (C=O) groups is 2. The second kappa shape index (κ2) is 4.57. The van der Waals surface area contributed by atoms with Crippen LogP contribution in [-0.2, 0) is 9.59 Å². The van der Waals surface area contributed by atoms with Crippen molar-refractivity contribution >= 4 is 17.5 Å². The van der Waals surface area contributed by atoms with E-state index in [0.29, 0.717) is 13.0 Å². The summed E-state index contributed by atoms with van der Waals surface area (Å²) in [6, 6.07) is 7.77. The van der Waals surface area contributed by atoms with E-state index in [4.69, 9.17) is 0 Å². The average molecular weight is 232 g/mol. The highest BCUT2D eigenvalue weighted by atomic mass is 16.2. The van der Waals surface area contributed by atoms with Crippen molar-refractivity contribution in [3.8, 4) is 0 Å². The zero-order valence-corrected chi connectivity index (χ0v) is 10.1. The van der Waals surface area contributed by atoms with E-state index < -0.39 is 0 Å². The number of carbonyl (C=O) groups excluding carboxylic acids is 2. The molecule has 1 atom stereocenters. The van der Waals surface area contributed by atoms with Crippen LogP contribution in [0.25, 0.3) is 0 Å². The number of anilines is 1. The van der Waals surface area contributed by atoms with Gasteiger partial charge in [-0.05, 0) is 24.6 Å². The van der Waals surface area contributed by atoms with Crippen LogP contribution < -0.4 is 10.2 Å². The molecule has 4 heteroatoms. The van der Waals surface area contributed by atoms with Gasteiger partial charge in [0.1, 0.15) is 0 Å². The molecule has 90 valence electrons. The van der Waals surface area contributed by atoms with Crippen LogP contribution in [0.4, 0.5) is 5.69 Å². The topological polar surface area (TPSA) is 49.4 Å². The summed E-state index contributed by atoms with van der Waals surface area (Å²) in [6.07, 6.45) is 0.299. The molecule has 1 aliphatic rings. The number of hydrogen-bond donors (Lipinski definition) is 1. The highest BCUT2D eigenvalue weighted by molar-refractivity contribution is 6.00. The molecule has 17 heavy (non-hydrogen) atoms. The van der Waals surface area contributed by atoms with Crippen LogP contribution in [0, 0.1) is 12.8 Å². The predicted molar refractivity (Wildman–Crippen MR) is 65.7 cm³/mol. The molecule has 0 spiro atoms. The minimum Gasteiger partial charge on any atom is -0.359 e. The molecule has 1 heterocycles. The molecule has 0 radical (unpaired) electrons. The fourth-order valence-electron chi connectivity index (χ4n) is 2.13. The van der Waals surface area contributed by atoms with Crippen LogP contribution in [0.5, 0.6) is 0 Å². The Hall–Kier alpha value is -1.84. The number of benzene rings is 1. The second-order valence-corrected chi connectivity index (χ2v) is 4.36. The lowest BCUT2D eigenvalue weighted by Gasteiger charge is -2.16. The molecular weight excluding hydrogens is 216 g/mol. The van der Waals surface area contributed by atoms with Crippen LogP contribution in [-0.4, -0.2) is 25.4 Å². The fourth-order valence-corrected chi connectivity index (χ4v) is 2.13. The van der Waals surface area contributed by atoms with E-state index >= 15 is 0 Å². The lowest BCUT2D eigenvalue weighted by atomic mass is 10.1. The quantitative estimate of drug-likeness (QED) is 0.830. The third kappa shape index (κ3) is 2.30. The Morgan fingerprint density at radius 1 is 1.47 bits per heavy atom. The maximum absolute atomic E-state index is 11.9. The average Bonchev–Trinajstić information content (AvgIpc) is 2.70. The van der Waals surface area contributed by atoms with Gasteiger partial charge < -0.3 is 10.2 Å². The smallest absolute Gasteiger partial charge is 0.227 e. The summed E-state index contributed by atoms with van der Waals surface area (Å²) < 4.78 is 0. The molecule has 0 aliphatic carbocycles. The normalized spacial score (nSPS) is 19.5. The van der Waals surface area contributed by atoms with Gasteiger partial charge in [-0.1, -0.05) is 12.1 Å². The van der Waals surface area contributed by atoms with E-state index in [1.165, 1.54) is 0 Å². The summed E-state index contributed by atoms with van der Waals surface area (Å²) in [5.41, 5.74) is 1.99. The first kappa shape index (κ1) is 11.6. The number of amides is 2. The van der Waals surface area contributed by atoms with Gasteiger partial charge in [0.15, 0.2) is 0 Å². The first-order valence-electron chi connectivity index (χ1n) is 5.70. The third-order valence-corrected chi connectivity index (χ3v) is 3.06. The molecule has 1 aliphatic heterocycles. The maximum Gasteiger partial charge on any atom is 0.227 e. The number of nitrogens with zero attached hydrogens (tertiary/aromatic N) is 1. The van der Waals surface area contributed by atoms with E-state index in [0.717, 1.165) is 11.3 Å². The monoisotopic (exact) mass is 232 g/mol. The third-order valence-electron chi connectivity index (χ3n) is 3.06. The van der Waals surface area contributed by atoms with Crippen molar-refractivity contribution in [1.82, 2.24) is 5.32 Å². The molecule has 1 aromatic rings. The molecule has 1 aromatic carbocycles. The SMILES string of the molecule is CNC(=O)C1CC(=O)N(c2cccc(C)c2)C1. The first-order chi connectivity index (χ1) is 8.11. The lowest BCUT2D eigenvalue weighted by molar-refractivity contribution is -0.125. The highest BCUT2D eigenvalue weighted by Gasteiger charge is 2.34.